The Kier molecular flexibility index (Phi) is 37.4. The van der Waals surface area contributed by atoms with Gasteiger partial charge in [-0.25, -0.2) is 0 Å². The van der Waals surface area contributed by atoms with Crippen LogP contribution in [0.4, 0.5) is 22.7 Å². The fourth-order valence-electron chi connectivity index (χ4n) is 10.6. The van der Waals surface area contributed by atoms with Gasteiger partial charge in [0.25, 0.3) is 16.0 Å². The number of nitrogens with one attached hydrogen (secondary N) is 12. The molecule has 0 unspecified atom stereocenters. The highest BCUT2D eigenvalue weighted by Gasteiger charge is 2.36. The predicted molar refractivity (Wildman–Crippen MR) is 410 cm³/mol. The van der Waals surface area contributed by atoms with E-state index in [9.17, 15) is 85.8 Å². The van der Waals surface area contributed by atoms with E-state index < -0.39 is 174 Å². The fourth-order valence-corrected chi connectivity index (χ4v) is 11.3. The molecule has 0 saturated carbocycles. The molecule has 0 radical (unpaired) electrons. The van der Waals surface area contributed by atoms with Crippen molar-refractivity contribution in [1.29, 1.82) is 0 Å². The lowest BCUT2D eigenvalue weighted by molar-refractivity contribution is -0.137. The standard InChI is InChI=1S/C70H104N22O18S/c1-37(2)33-51(85-60(99)41-19-21-42(22-20-41)90-91-43-23-25-44(26-24-43)92(7)8)64(103)81-39(5)58(97)82-50(27-28-56(71)96)62(101)80-40(6)59(98)89-57(38(3)4)68(107)84-49(17-12-30-79-70(74)75)63(102)86-53(35-94)66(105)88-54(36-95)67(106)87-52(34-93)65(104)83-48(16-11-29-78-69(72)73)61(100)77-32-31-76-47-15-9-14-46-45(47)13-10-18-55(46)111(108,109)110/h9-10,13-15,18-26,37-40,48-54,57,76,93-95H,11-12,16-17,27-36H2,1-8H3,(H2,71,96)(H,77,100)(H,80,101)(H,81,103)(H,82,97)(H,83,104)(H,84,107)(H,85,99)(H,86,102)(H,87,106)(H,88,105)(H,89,98)(H4,72,73,78)(H4,74,75,79)(H,108,109,110)/t39-,40-,48-,49-,50-,51-,52-,53-,54-,57-/m0/s1. The molecule has 12 amide bonds. The zero-order chi connectivity index (χ0) is 82.8. The van der Waals surface area contributed by atoms with Crippen molar-refractivity contribution in [3.63, 3.8) is 0 Å². The first kappa shape index (κ1) is 91.7. The summed E-state index contributed by atoms with van der Waals surface area (Å²) in [6, 6.07) is 6.92. The van der Waals surface area contributed by atoms with E-state index >= 15 is 0 Å². The first-order valence-electron chi connectivity index (χ1n) is 35.4. The summed E-state index contributed by atoms with van der Waals surface area (Å²) in [5, 5.41) is 70.0. The number of rotatable bonds is 46. The van der Waals surface area contributed by atoms with Gasteiger partial charge in [-0.2, -0.15) is 18.6 Å². The summed E-state index contributed by atoms with van der Waals surface area (Å²) in [4.78, 5) is 173. The molecule has 10 atom stereocenters. The van der Waals surface area contributed by atoms with Crippen LogP contribution in [0.5, 0.6) is 0 Å². The van der Waals surface area contributed by atoms with Gasteiger partial charge in [0.05, 0.1) is 31.2 Å². The van der Waals surface area contributed by atoms with Crippen molar-refractivity contribution in [1.82, 2.24) is 58.5 Å². The first-order chi connectivity index (χ1) is 52.4. The summed E-state index contributed by atoms with van der Waals surface area (Å²) in [6.45, 7) is 5.73. The third-order valence-electron chi connectivity index (χ3n) is 16.7. The molecule has 4 aromatic carbocycles. The minimum Gasteiger partial charge on any atom is -0.394 e. The predicted octanol–water partition coefficient (Wildman–Crippen LogP) is -3.65. The molecule has 0 saturated heterocycles. The molecule has 111 heavy (non-hydrogen) atoms. The average Bonchev–Trinajstić information content (AvgIpc) is 0.786. The summed E-state index contributed by atoms with van der Waals surface area (Å²) < 4.78 is 33.7. The van der Waals surface area contributed by atoms with Crippen LogP contribution < -0.4 is 97.4 Å². The van der Waals surface area contributed by atoms with E-state index in [0.717, 1.165) is 5.69 Å². The second kappa shape index (κ2) is 45.3. The highest BCUT2D eigenvalue weighted by molar-refractivity contribution is 7.86. The van der Waals surface area contributed by atoms with Crippen molar-refractivity contribution >= 4 is 126 Å². The Balaban J connectivity index is 1.39. The number of primary amides is 1. The third-order valence-corrected chi connectivity index (χ3v) is 17.6. The van der Waals surface area contributed by atoms with Crippen LogP contribution in [0, 0.1) is 11.8 Å². The zero-order valence-electron chi connectivity index (χ0n) is 62.9. The molecule has 0 spiro atoms. The number of aliphatic hydroxyl groups excluding tert-OH is 3. The van der Waals surface area contributed by atoms with Gasteiger partial charge in [0.15, 0.2) is 11.9 Å². The zero-order valence-corrected chi connectivity index (χ0v) is 63.8. The van der Waals surface area contributed by atoms with Gasteiger partial charge in [-0.15, -0.1) is 0 Å². The van der Waals surface area contributed by atoms with Crippen LogP contribution in [-0.4, -0.2) is 232 Å². The first-order valence-corrected chi connectivity index (χ1v) is 36.9. The third kappa shape index (κ3) is 31.1. The summed E-state index contributed by atoms with van der Waals surface area (Å²) in [6.07, 6.45) is -0.890. The second-order valence-corrected chi connectivity index (χ2v) is 28.1. The number of azo groups is 1. The Hall–Kier alpha value is -11.7. The quantitative estimate of drug-likeness (QED) is 0.00667. The second-order valence-electron chi connectivity index (χ2n) is 26.7. The van der Waals surface area contributed by atoms with E-state index in [-0.39, 0.29) is 98.4 Å². The number of carbonyl (C=O) groups excluding carboxylic acids is 12. The van der Waals surface area contributed by atoms with Crippen LogP contribution in [0.25, 0.3) is 10.8 Å². The molecule has 0 fully saturated rings. The number of benzene rings is 4. The molecule has 0 bridgehead atoms. The molecule has 40 nitrogen and oxygen atoms in total. The molecule has 41 heteroatoms. The lowest BCUT2D eigenvalue weighted by Gasteiger charge is -2.28. The Morgan fingerprint density at radius 2 is 0.883 bits per heavy atom. The number of anilines is 2. The number of hydrogen-bond donors (Lipinski definition) is 21. The van der Waals surface area contributed by atoms with Crippen LogP contribution in [0.1, 0.15) is 96.8 Å². The van der Waals surface area contributed by atoms with Crippen molar-refractivity contribution in [2.24, 2.45) is 60.7 Å². The molecule has 0 aliphatic rings. The van der Waals surface area contributed by atoms with Crippen LogP contribution in [0.15, 0.2) is 110 Å². The number of hydrogen-bond acceptors (Lipinski definition) is 23. The molecule has 0 aliphatic heterocycles. The smallest absolute Gasteiger partial charge is 0.295 e. The van der Waals surface area contributed by atoms with Gasteiger partial charge < -0.3 is 113 Å². The van der Waals surface area contributed by atoms with E-state index in [0.29, 0.717) is 22.4 Å². The summed E-state index contributed by atoms with van der Waals surface area (Å²) in [5.74, 6) is -13.0. The van der Waals surface area contributed by atoms with Crippen LogP contribution >= 0.6 is 0 Å². The maximum atomic E-state index is 14.2. The van der Waals surface area contributed by atoms with Crippen LogP contribution in [-0.2, 0) is 62.9 Å². The van der Waals surface area contributed by atoms with Crippen molar-refractivity contribution in [3.05, 3.63) is 90.5 Å². The van der Waals surface area contributed by atoms with E-state index in [4.69, 9.17) is 28.7 Å². The minimum atomic E-state index is -4.57. The minimum absolute atomic E-state index is 0.00399. The molecule has 4 aromatic rings. The topological polar surface area (TPSA) is 647 Å². The fraction of sp³-hybridized carbons (Fsp3) is 0.486. The van der Waals surface area contributed by atoms with Gasteiger partial charge in [-0.1, -0.05) is 52.0 Å². The van der Waals surface area contributed by atoms with Crippen molar-refractivity contribution in [2.45, 2.75) is 152 Å². The van der Waals surface area contributed by atoms with Gasteiger partial charge >= 0.3 is 0 Å². The Morgan fingerprint density at radius 1 is 0.459 bits per heavy atom. The van der Waals surface area contributed by atoms with Gasteiger partial charge in [0.2, 0.25) is 65.0 Å². The van der Waals surface area contributed by atoms with E-state index in [1.54, 1.807) is 42.5 Å². The number of guanidine groups is 2. The van der Waals surface area contributed by atoms with Crippen molar-refractivity contribution in [3.8, 4) is 0 Å². The Morgan fingerprint density at radius 3 is 1.35 bits per heavy atom. The molecular weight excluding hydrogens is 1470 g/mol. The number of carbonyl (C=O) groups is 12. The molecule has 0 heterocycles. The van der Waals surface area contributed by atoms with Gasteiger partial charge in [-0.05, 0) is 125 Å². The van der Waals surface area contributed by atoms with Crippen molar-refractivity contribution < 1.29 is 85.8 Å². The van der Waals surface area contributed by atoms with Gasteiger partial charge in [0.1, 0.15) is 65.3 Å². The normalized spacial score (nSPS) is 14.0. The maximum Gasteiger partial charge on any atom is 0.295 e. The van der Waals surface area contributed by atoms with E-state index in [2.05, 4.69) is 84.0 Å². The molecule has 0 aromatic heterocycles. The maximum absolute atomic E-state index is 14.2. The number of nitrogens with two attached hydrogens (primary N) is 5. The molecule has 4 rings (SSSR count). The number of amides is 12. The SMILES string of the molecule is CC(C)C[C@H](NC(=O)c1ccc(N=Nc2ccc(N(C)C)cc2)cc1)C(=O)N[C@@H](C)C(=O)N[C@@H](CCC(N)=O)C(=O)N[C@@H](C)C(=O)N[C@H](C(=O)N[C@@H](CCCN=C(N)N)C(=O)N[C@@H](CO)C(=O)N[C@@H](CO)C(=O)N[C@@H](CO)C(=O)N[C@@H](CCCN=C(N)N)C(=O)NCCNc1cccc2c(S(=O)(=O)O)cccc12)C(C)C. The van der Waals surface area contributed by atoms with Crippen molar-refractivity contribution in [2.75, 3.05) is 70.3 Å². The Bertz CT molecular complexity index is 4080. The number of aliphatic imine (C=N–C) groups is 2. The van der Waals surface area contributed by atoms with Crippen LogP contribution in [0.3, 0.4) is 0 Å². The number of fused-ring (bicyclic) bond motifs is 1. The van der Waals surface area contributed by atoms with E-state index in [1.165, 1.54) is 58.0 Å². The molecular formula is C70H104N22O18S. The number of nitrogens with zero attached hydrogens (tertiary/aromatic N) is 5. The largest absolute Gasteiger partial charge is 0.394 e. The molecule has 0 aliphatic carbocycles. The highest BCUT2D eigenvalue weighted by atomic mass is 32.2. The summed E-state index contributed by atoms with van der Waals surface area (Å²) in [5.41, 5.74) is 30.0. The monoisotopic (exact) mass is 1570 g/mol. The van der Waals surface area contributed by atoms with Crippen LogP contribution in [0.2, 0.25) is 0 Å². The van der Waals surface area contributed by atoms with Gasteiger partial charge in [-0.3, -0.25) is 72.1 Å². The summed E-state index contributed by atoms with van der Waals surface area (Å²) >= 11 is 0. The highest BCUT2D eigenvalue weighted by Crippen LogP contribution is 2.29. The average molecular weight is 1570 g/mol. The summed E-state index contributed by atoms with van der Waals surface area (Å²) in [7, 11) is -0.746. The van der Waals surface area contributed by atoms with E-state index in [1.807, 2.05) is 45.0 Å². The lowest BCUT2D eigenvalue weighted by atomic mass is 10.0. The molecule has 608 valence electrons. The molecule has 26 N–H and O–H groups in total. The lowest BCUT2D eigenvalue weighted by Crippen LogP contribution is -2.62. The number of aliphatic hydroxyl groups is 3. The van der Waals surface area contributed by atoms with Gasteiger partial charge in [0, 0.05) is 74.4 Å². The Labute approximate surface area is 641 Å².